The van der Waals surface area contributed by atoms with Gasteiger partial charge in [0.15, 0.2) is 0 Å². The van der Waals surface area contributed by atoms with Crippen molar-refractivity contribution in [3.63, 3.8) is 0 Å². The highest BCUT2D eigenvalue weighted by Gasteiger charge is 2.41. The molecule has 21 heavy (non-hydrogen) atoms. The highest BCUT2D eigenvalue weighted by Crippen LogP contribution is 2.29. The third-order valence-electron chi connectivity index (χ3n) is 4.81. The van der Waals surface area contributed by atoms with E-state index in [0.717, 1.165) is 12.8 Å². The van der Waals surface area contributed by atoms with E-state index in [1.807, 2.05) is 46.4 Å². The van der Waals surface area contributed by atoms with Gasteiger partial charge in [-0.1, -0.05) is 13.8 Å². The Morgan fingerprint density at radius 3 is 2.00 bits per heavy atom. The SMILES string of the molecule is CC(C)C(=O)N1CCC(NC(=O)C(C)(C)C(C)(C)N)CC1. The quantitative estimate of drug-likeness (QED) is 0.826. The smallest absolute Gasteiger partial charge is 0.227 e. The first kappa shape index (κ1) is 18.0. The molecule has 0 unspecified atom stereocenters. The standard InChI is InChI=1S/C16H31N3O2/c1-11(2)13(20)19-9-7-12(8-10-19)18-14(21)15(3,4)16(5,6)17/h11-12H,7-10,17H2,1-6H3,(H,18,21). The van der Waals surface area contributed by atoms with Crippen LogP contribution < -0.4 is 11.1 Å². The zero-order chi connectivity index (χ0) is 16.4. The van der Waals surface area contributed by atoms with Gasteiger partial charge in [-0.2, -0.15) is 0 Å². The number of nitrogens with one attached hydrogen (secondary N) is 1. The van der Waals surface area contributed by atoms with Gasteiger partial charge < -0.3 is 16.0 Å². The lowest BCUT2D eigenvalue weighted by atomic mass is 9.74. The first-order chi connectivity index (χ1) is 9.46. The van der Waals surface area contributed by atoms with Crippen molar-refractivity contribution < 1.29 is 9.59 Å². The van der Waals surface area contributed by atoms with Crippen LogP contribution in [0.1, 0.15) is 54.4 Å². The fourth-order valence-corrected chi connectivity index (χ4v) is 2.27. The van der Waals surface area contributed by atoms with Crippen LogP contribution in [0, 0.1) is 11.3 Å². The molecule has 0 spiro atoms. The lowest BCUT2D eigenvalue weighted by Gasteiger charge is -2.39. The Labute approximate surface area is 128 Å². The molecular formula is C16H31N3O2. The fraction of sp³-hybridized carbons (Fsp3) is 0.875. The number of hydrogen-bond donors (Lipinski definition) is 2. The molecule has 1 rings (SSSR count). The largest absolute Gasteiger partial charge is 0.353 e. The maximum atomic E-state index is 12.4. The predicted octanol–water partition coefficient (Wildman–Crippen LogP) is 1.51. The molecule has 0 bridgehead atoms. The average molecular weight is 297 g/mol. The van der Waals surface area contributed by atoms with Crippen LogP contribution in [0.15, 0.2) is 0 Å². The van der Waals surface area contributed by atoms with Gasteiger partial charge in [0, 0.05) is 30.6 Å². The van der Waals surface area contributed by atoms with Crippen molar-refractivity contribution in [3.05, 3.63) is 0 Å². The maximum Gasteiger partial charge on any atom is 0.227 e. The molecule has 0 saturated carbocycles. The molecule has 0 aromatic heterocycles. The Kier molecular flexibility index (Phi) is 5.42. The van der Waals surface area contributed by atoms with E-state index < -0.39 is 11.0 Å². The summed E-state index contributed by atoms with van der Waals surface area (Å²) >= 11 is 0. The van der Waals surface area contributed by atoms with Crippen LogP contribution in [0.2, 0.25) is 0 Å². The number of nitrogens with zero attached hydrogens (tertiary/aromatic N) is 1. The van der Waals surface area contributed by atoms with E-state index in [4.69, 9.17) is 5.73 Å². The van der Waals surface area contributed by atoms with Gasteiger partial charge in [0.1, 0.15) is 0 Å². The van der Waals surface area contributed by atoms with Gasteiger partial charge in [0.25, 0.3) is 0 Å². The van der Waals surface area contributed by atoms with E-state index in [2.05, 4.69) is 5.32 Å². The number of amides is 2. The first-order valence-corrected chi connectivity index (χ1v) is 7.85. The number of nitrogens with two attached hydrogens (primary N) is 1. The Balaban J connectivity index is 2.54. The molecule has 1 aliphatic heterocycles. The summed E-state index contributed by atoms with van der Waals surface area (Å²) in [7, 11) is 0. The van der Waals surface area contributed by atoms with Crippen molar-refractivity contribution in [1.82, 2.24) is 10.2 Å². The van der Waals surface area contributed by atoms with Crippen LogP contribution in [-0.2, 0) is 9.59 Å². The van der Waals surface area contributed by atoms with Crippen LogP contribution >= 0.6 is 0 Å². The van der Waals surface area contributed by atoms with E-state index in [1.165, 1.54) is 0 Å². The van der Waals surface area contributed by atoms with E-state index in [0.29, 0.717) is 13.1 Å². The van der Waals surface area contributed by atoms with Crippen molar-refractivity contribution >= 4 is 11.8 Å². The number of rotatable bonds is 4. The predicted molar refractivity (Wildman–Crippen MR) is 84.6 cm³/mol. The molecule has 0 aliphatic carbocycles. The van der Waals surface area contributed by atoms with E-state index >= 15 is 0 Å². The molecule has 0 atom stereocenters. The summed E-state index contributed by atoms with van der Waals surface area (Å²) in [5, 5.41) is 3.10. The average Bonchev–Trinajstić information content (AvgIpc) is 2.37. The van der Waals surface area contributed by atoms with Crippen LogP contribution in [0.25, 0.3) is 0 Å². The summed E-state index contributed by atoms with van der Waals surface area (Å²) in [4.78, 5) is 26.3. The van der Waals surface area contributed by atoms with E-state index in [1.54, 1.807) is 0 Å². The summed E-state index contributed by atoms with van der Waals surface area (Å²) in [6, 6.07) is 0.135. The molecule has 3 N–H and O–H groups in total. The van der Waals surface area contributed by atoms with Gasteiger partial charge in [-0.05, 0) is 40.5 Å². The minimum Gasteiger partial charge on any atom is -0.353 e. The number of piperidine rings is 1. The second kappa shape index (κ2) is 6.34. The lowest BCUT2D eigenvalue weighted by molar-refractivity contribution is -0.136. The fourth-order valence-electron chi connectivity index (χ4n) is 2.27. The molecule has 0 aromatic carbocycles. The topological polar surface area (TPSA) is 75.4 Å². The summed E-state index contributed by atoms with van der Waals surface area (Å²) in [5.74, 6) is 0.222. The lowest BCUT2D eigenvalue weighted by Crippen LogP contribution is -2.58. The van der Waals surface area contributed by atoms with Gasteiger partial charge in [0.05, 0.1) is 5.41 Å². The van der Waals surface area contributed by atoms with Crippen molar-refractivity contribution in [2.75, 3.05) is 13.1 Å². The van der Waals surface area contributed by atoms with Crippen LogP contribution in [0.3, 0.4) is 0 Å². The molecule has 2 amide bonds. The van der Waals surface area contributed by atoms with Crippen LogP contribution in [0.5, 0.6) is 0 Å². The minimum atomic E-state index is -0.627. The van der Waals surface area contributed by atoms with Gasteiger partial charge >= 0.3 is 0 Å². The Morgan fingerprint density at radius 1 is 1.14 bits per heavy atom. The molecule has 1 fully saturated rings. The van der Waals surface area contributed by atoms with Gasteiger partial charge in [0.2, 0.25) is 11.8 Å². The normalized spacial score (nSPS) is 18.0. The second-order valence-electron chi connectivity index (χ2n) is 7.57. The van der Waals surface area contributed by atoms with Crippen molar-refractivity contribution in [2.45, 2.75) is 66.0 Å². The maximum absolute atomic E-state index is 12.4. The molecule has 5 nitrogen and oxygen atoms in total. The summed E-state index contributed by atoms with van der Waals surface area (Å²) in [6.07, 6.45) is 1.62. The van der Waals surface area contributed by atoms with Crippen molar-refractivity contribution in [2.24, 2.45) is 17.1 Å². The second-order valence-corrected chi connectivity index (χ2v) is 7.57. The number of likely N-dealkylation sites (tertiary alicyclic amines) is 1. The molecule has 1 heterocycles. The molecule has 0 radical (unpaired) electrons. The van der Waals surface area contributed by atoms with E-state index in [-0.39, 0.29) is 23.8 Å². The molecule has 1 aliphatic rings. The highest BCUT2D eigenvalue weighted by atomic mass is 16.2. The number of carbonyl (C=O) groups is 2. The Bertz CT molecular complexity index is 389. The van der Waals surface area contributed by atoms with Crippen molar-refractivity contribution in [1.29, 1.82) is 0 Å². The van der Waals surface area contributed by atoms with Gasteiger partial charge in [-0.15, -0.1) is 0 Å². The summed E-state index contributed by atoms with van der Waals surface area (Å²) in [6.45, 7) is 12.8. The Hall–Kier alpha value is -1.10. The zero-order valence-corrected chi connectivity index (χ0v) is 14.3. The Morgan fingerprint density at radius 2 is 1.62 bits per heavy atom. The third kappa shape index (κ3) is 4.19. The molecule has 0 aromatic rings. The summed E-state index contributed by atoms with van der Waals surface area (Å²) in [5.41, 5.74) is 4.90. The first-order valence-electron chi connectivity index (χ1n) is 7.85. The third-order valence-corrected chi connectivity index (χ3v) is 4.81. The molecular weight excluding hydrogens is 266 g/mol. The number of carbonyl (C=O) groups excluding carboxylic acids is 2. The van der Waals surface area contributed by atoms with Crippen molar-refractivity contribution in [3.8, 4) is 0 Å². The summed E-state index contributed by atoms with van der Waals surface area (Å²) < 4.78 is 0. The van der Waals surface area contributed by atoms with E-state index in [9.17, 15) is 9.59 Å². The minimum absolute atomic E-state index is 0.0105. The number of hydrogen-bond acceptors (Lipinski definition) is 3. The highest BCUT2D eigenvalue weighted by molar-refractivity contribution is 5.83. The van der Waals surface area contributed by atoms with Crippen LogP contribution in [0.4, 0.5) is 0 Å². The molecule has 1 saturated heterocycles. The molecule has 122 valence electrons. The van der Waals surface area contributed by atoms with Gasteiger partial charge in [-0.25, -0.2) is 0 Å². The zero-order valence-electron chi connectivity index (χ0n) is 14.3. The van der Waals surface area contributed by atoms with Gasteiger partial charge in [-0.3, -0.25) is 9.59 Å². The molecule has 5 heteroatoms. The van der Waals surface area contributed by atoms with Crippen LogP contribution in [-0.4, -0.2) is 41.4 Å². The monoisotopic (exact) mass is 297 g/mol.